The van der Waals surface area contributed by atoms with Gasteiger partial charge in [0.05, 0.1) is 15.7 Å². The van der Waals surface area contributed by atoms with Gasteiger partial charge >= 0.3 is 5.97 Å². The summed E-state index contributed by atoms with van der Waals surface area (Å²) in [5.74, 6) is -1.07. The molecule has 0 aliphatic carbocycles. The summed E-state index contributed by atoms with van der Waals surface area (Å²) in [6.45, 7) is 2.99. The van der Waals surface area contributed by atoms with Crippen LogP contribution < -0.4 is 24.8 Å². The van der Waals surface area contributed by atoms with E-state index in [9.17, 15) is 27.9 Å². The number of carboxylic acids is 1. The third-order valence-electron chi connectivity index (χ3n) is 10.7. The van der Waals surface area contributed by atoms with Gasteiger partial charge in [0.25, 0.3) is 10.0 Å². The van der Waals surface area contributed by atoms with Crippen molar-refractivity contribution in [2.24, 2.45) is 0 Å². The number of sulfonamides is 1. The lowest BCUT2D eigenvalue weighted by atomic mass is 9.94. The van der Waals surface area contributed by atoms with Crippen LogP contribution in [-0.2, 0) is 50.4 Å². The van der Waals surface area contributed by atoms with Gasteiger partial charge in [0.2, 0.25) is 11.8 Å². The molecule has 0 saturated heterocycles. The first kappa shape index (κ1) is 43.7. The van der Waals surface area contributed by atoms with Crippen molar-refractivity contribution in [3.05, 3.63) is 153 Å². The maximum absolute atomic E-state index is 14.6. The van der Waals surface area contributed by atoms with E-state index in [1.807, 2.05) is 72.8 Å². The second-order valence-electron chi connectivity index (χ2n) is 15.1. The van der Waals surface area contributed by atoms with E-state index < -0.39 is 46.0 Å². The summed E-state index contributed by atoms with van der Waals surface area (Å²) in [4.78, 5) is 43.0. The fourth-order valence-electron chi connectivity index (χ4n) is 7.44. The van der Waals surface area contributed by atoms with Crippen LogP contribution >= 0.6 is 34.5 Å². The predicted octanol–water partition coefficient (Wildman–Crippen LogP) is 8.40. The van der Waals surface area contributed by atoms with Crippen LogP contribution in [0, 0.1) is 6.92 Å². The van der Waals surface area contributed by atoms with Gasteiger partial charge in [-0.3, -0.25) is 9.59 Å². The Morgan fingerprint density at radius 3 is 2.30 bits per heavy atom. The standard InChI is InChI=1S/C46H40Cl2N4O9S2/c1-26-45(62-46(49-26)50-27(2)53)63(57,58)52-23-34-22-41-40(60-25-42(61-41)32-13-15-35(16-14-32)59-24-29-10-17-36(47)37(48)18-29)21-33(34)20-39(52)43(54)51-38(44(55)56)19-28-8-11-31(12-9-28)30-6-4-3-5-7-30/h3-18,21-22,38-39,42H,19-20,23-25H2,1-2H3,(H,51,54)(H,55,56)(H,49,50,53)/t38-,39?,42+/m0/s1. The van der Waals surface area contributed by atoms with E-state index in [-0.39, 0.29) is 47.6 Å². The van der Waals surface area contributed by atoms with Crippen LogP contribution in [0.1, 0.15) is 46.5 Å². The van der Waals surface area contributed by atoms with Crippen LogP contribution in [0.4, 0.5) is 5.13 Å². The molecule has 2 aliphatic rings. The van der Waals surface area contributed by atoms with Crippen LogP contribution in [0.3, 0.4) is 0 Å². The quantitative estimate of drug-likeness (QED) is 0.102. The van der Waals surface area contributed by atoms with Gasteiger partial charge in [-0.05, 0) is 88.7 Å². The Morgan fingerprint density at radius 2 is 1.60 bits per heavy atom. The number of aliphatic carboxylic acids is 1. The minimum Gasteiger partial charge on any atom is -0.489 e. The number of nitrogens with one attached hydrogen (secondary N) is 2. The van der Waals surface area contributed by atoms with Crippen LogP contribution in [0.2, 0.25) is 10.0 Å². The number of benzene rings is 5. The maximum Gasteiger partial charge on any atom is 0.326 e. The Hall–Kier alpha value is -5.97. The van der Waals surface area contributed by atoms with Crippen LogP contribution in [0.25, 0.3) is 11.1 Å². The first-order valence-electron chi connectivity index (χ1n) is 19.8. The molecule has 3 heterocycles. The monoisotopic (exact) mass is 926 g/mol. The number of aryl methyl sites for hydroxylation is 1. The minimum atomic E-state index is -4.46. The number of carbonyl (C=O) groups excluding carboxylic acids is 2. The van der Waals surface area contributed by atoms with Crippen molar-refractivity contribution in [3.8, 4) is 28.4 Å². The van der Waals surface area contributed by atoms with Gasteiger partial charge in [-0.2, -0.15) is 4.31 Å². The molecular formula is C46H40Cl2N4O9S2. The third-order valence-corrected chi connectivity index (χ3v) is 14.9. The molecule has 2 amide bonds. The van der Waals surface area contributed by atoms with Crippen molar-refractivity contribution in [1.82, 2.24) is 14.6 Å². The summed E-state index contributed by atoms with van der Waals surface area (Å²) >= 11 is 12.9. The van der Waals surface area contributed by atoms with Gasteiger partial charge in [-0.15, -0.1) is 0 Å². The normalized spacial score (nSPS) is 16.4. The van der Waals surface area contributed by atoms with Crippen LogP contribution in [0.15, 0.2) is 113 Å². The summed E-state index contributed by atoms with van der Waals surface area (Å²) in [6, 6.07) is 30.5. The van der Waals surface area contributed by atoms with Gasteiger partial charge < -0.3 is 30.0 Å². The molecule has 0 fully saturated rings. The van der Waals surface area contributed by atoms with E-state index >= 15 is 0 Å². The van der Waals surface area contributed by atoms with Crippen LogP contribution in [-0.4, -0.2) is 59.3 Å². The highest BCUT2D eigenvalue weighted by molar-refractivity contribution is 7.91. The lowest BCUT2D eigenvalue weighted by Crippen LogP contribution is -2.55. The Kier molecular flexibility index (Phi) is 12.8. The number of rotatable bonds is 13. The summed E-state index contributed by atoms with van der Waals surface area (Å²) < 4.78 is 48.7. The number of ether oxygens (including phenoxy) is 3. The van der Waals surface area contributed by atoms with E-state index in [0.29, 0.717) is 44.0 Å². The molecule has 5 aromatic carbocycles. The van der Waals surface area contributed by atoms with Gasteiger partial charge in [0, 0.05) is 19.9 Å². The summed E-state index contributed by atoms with van der Waals surface area (Å²) in [6.07, 6.45) is -0.649. The van der Waals surface area contributed by atoms with E-state index in [2.05, 4.69) is 15.6 Å². The molecule has 6 aromatic rings. The zero-order valence-corrected chi connectivity index (χ0v) is 37.0. The lowest BCUT2D eigenvalue weighted by Gasteiger charge is -2.36. The largest absolute Gasteiger partial charge is 0.489 e. The predicted molar refractivity (Wildman–Crippen MR) is 239 cm³/mol. The first-order chi connectivity index (χ1) is 30.2. The van der Waals surface area contributed by atoms with Crippen molar-refractivity contribution < 1.29 is 42.1 Å². The highest BCUT2D eigenvalue weighted by Crippen LogP contribution is 2.42. The number of fused-ring (bicyclic) bond motifs is 2. The molecule has 63 heavy (non-hydrogen) atoms. The molecule has 0 spiro atoms. The van der Waals surface area contributed by atoms with Gasteiger partial charge in [0.15, 0.2) is 26.9 Å². The Bertz CT molecular complexity index is 2810. The number of nitrogens with zero attached hydrogens (tertiary/aromatic N) is 2. The molecule has 0 radical (unpaired) electrons. The molecule has 13 nitrogen and oxygen atoms in total. The van der Waals surface area contributed by atoms with Gasteiger partial charge in [-0.1, -0.05) is 107 Å². The molecule has 3 N–H and O–H groups in total. The molecule has 1 unspecified atom stereocenters. The topological polar surface area (TPSA) is 173 Å². The molecule has 324 valence electrons. The highest BCUT2D eigenvalue weighted by Gasteiger charge is 2.43. The number of hydrogen-bond acceptors (Lipinski definition) is 10. The number of thiazole rings is 1. The summed E-state index contributed by atoms with van der Waals surface area (Å²) in [5.41, 5.74) is 5.61. The number of halogens is 2. The molecular weight excluding hydrogens is 888 g/mol. The number of hydrogen-bond donors (Lipinski definition) is 3. The van der Waals surface area contributed by atoms with E-state index in [4.69, 9.17) is 37.4 Å². The number of amides is 2. The van der Waals surface area contributed by atoms with Crippen molar-refractivity contribution >= 4 is 67.5 Å². The Labute approximate surface area is 377 Å². The second kappa shape index (κ2) is 18.4. The summed E-state index contributed by atoms with van der Waals surface area (Å²) in [7, 11) is -4.46. The number of aromatic nitrogens is 1. The smallest absolute Gasteiger partial charge is 0.326 e. The lowest BCUT2D eigenvalue weighted by molar-refractivity contribution is -0.142. The molecule has 2 aliphatic heterocycles. The SMILES string of the molecule is CC(=O)Nc1nc(C)c(S(=O)(=O)N2Cc3cc4c(cc3CC2C(=O)N[C@@H](Cc2ccc(-c3ccccc3)cc2)C(=O)O)OC[C@H](c2ccc(OCc3ccc(Cl)c(Cl)c3)cc2)O4)s1. The summed E-state index contributed by atoms with van der Waals surface area (Å²) in [5, 5.41) is 16.4. The van der Waals surface area contributed by atoms with Crippen molar-refractivity contribution in [3.63, 3.8) is 0 Å². The second-order valence-corrected chi connectivity index (χ2v) is 19.0. The van der Waals surface area contributed by atoms with E-state index in [0.717, 1.165) is 37.9 Å². The average molecular weight is 928 g/mol. The highest BCUT2D eigenvalue weighted by atomic mass is 35.5. The zero-order valence-electron chi connectivity index (χ0n) is 33.8. The minimum absolute atomic E-state index is 0.0471. The van der Waals surface area contributed by atoms with E-state index in [1.54, 1.807) is 36.4 Å². The Balaban J connectivity index is 1.03. The molecule has 8 rings (SSSR count). The molecule has 3 atom stereocenters. The molecule has 0 bridgehead atoms. The average Bonchev–Trinajstić information content (AvgIpc) is 3.65. The Morgan fingerprint density at radius 1 is 0.905 bits per heavy atom. The maximum atomic E-state index is 14.6. The van der Waals surface area contributed by atoms with Gasteiger partial charge in [-0.25, -0.2) is 18.2 Å². The third kappa shape index (κ3) is 9.82. The van der Waals surface area contributed by atoms with Crippen molar-refractivity contribution in [2.45, 2.75) is 62.2 Å². The number of carbonyl (C=O) groups is 3. The van der Waals surface area contributed by atoms with E-state index in [1.165, 1.54) is 13.8 Å². The van der Waals surface area contributed by atoms with Gasteiger partial charge in [0.1, 0.15) is 31.0 Å². The fourth-order valence-corrected chi connectivity index (χ4v) is 10.9. The first-order valence-corrected chi connectivity index (χ1v) is 22.8. The van der Waals surface area contributed by atoms with Crippen LogP contribution in [0.5, 0.6) is 17.2 Å². The van der Waals surface area contributed by atoms with Crippen molar-refractivity contribution in [1.29, 1.82) is 0 Å². The molecule has 0 saturated carbocycles. The fraction of sp³-hybridized carbons (Fsp3) is 0.217. The number of anilines is 1. The number of carboxylic acid groups (broad SMARTS) is 1. The zero-order chi connectivity index (χ0) is 44.4. The van der Waals surface area contributed by atoms with Crippen molar-refractivity contribution in [2.75, 3.05) is 11.9 Å². The molecule has 17 heteroatoms. The molecule has 1 aromatic heterocycles.